The summed E-state index contributed by atoms with van der Waals surface area (Å²) in [6.07, 6.45) is 1.96. The highest BCUT2D eigenvalue weighted by Crippen LogP contribution is 2.32. The van der Waals surface area contributed by atoms with Crippen molar-refractivity contribution in [3.05, 3.63) is 59.9 Å². The first kappa shape index (κ1) is 17.5. The van der Waals surface area contributed by atoms with Crippen molar-refractivity contribution in [2.45, 2.75) is 38.8 Å². The van der Waals surface area contributed by atoms with Crippen molar-refractivity contribution in [3.63, 3.8) is 0 Å². The van der Waals surface area contributed by atoms with Gasteiger partial charge in [-0.25, -0.2) is 0 Å². The van der Waals surface area contributed by atoms with Crippen molar-refractivity contribution in [1.82, 2.24) is 5.32 Å². The molecule has 1 aliphatic rings. The lowest BCUT2D eigenvalue weighted by molar-refractivity contribution is -0.122. The fourth-order valence-electron chi connectivity index (χ4n) is 3.84. The summed E-state index contributed by atoms with van der Waals surface area (Å²) in [4.78, 5) is 15.1. The number of nitrogens with zero attached hydrogens (tertiary/aromatic N) is 1. The van der Waals surface area contributed by atoms with E-state index in [0.717, 1.165) is 53.1 Å². The second kappa shape index (κ2) is 6.99. The number of nitrogen functional groups attached to an aromatic ring is 1. The molecule has 5 nitrogen and oxygen atoms in total. The summed E-state index contributed by atoms with van der Waals surface area (Å²) in [6, 6.07) is 15.3. The number of nitrogens with two attached hydrogens (primary N) is 1. The molecule has 0 spiro atoms. The van der Waals surface area contributed by atoms with Crippen molar-refractivity contribution in [1.29, 1.82) is 0 Å². The Kier molecular flexibility index (Phi) is 4.52. The zero-order valence-corrected chi connectivity index (χ0v) is 15.7. The van der Waals surface area contributed by atoms with E-state index in [9.17, 15) is 4.79 Å². The van der Waals surface area contributed by atoms with Crippen molar-refractivity contribution in [2.75, 3.05) is 17.2 Å². The van der Waals surface area contributed by atoms with E-state index in [0.29, 0.717) is 0 Å². The standard InChI is InChI=1S/C22H25N3O2/c1-14(21-13-16-7-3-4-11-20(16)27-21)24-22(26)15(2)25-12-6-8-17-18(23)9-5-10-19(17)25/h3-5,7,9-11,13-15H,6,8,12,23H2,1-2H3,(H,24,26). The maximum atomic E-state index is 12.9. The molecular formula is C22H25N3O2. The number of fused-ring (bicyclic) bond motifs is 2. The zero-order valence-electron chi connectivity index (χ0n) is 15.7. The molecule has 0 fully saturated rings. The van der Waals surface area contributed by atoms with Gasteiger partial charge in [-0.3, -0.25) is 4.79 Å². The average Bonchev–Trinajstić information content (AvgIpc) is 3.12. The Morgan fingerprint density at radius 3 is 2.81 bits per heavy atom. The number of carbonyl (C=O) groups excluding carboxylic acids is 1. The predicted octanol–water partition coefficient (Wildman–Crippen LogP) is 4.03. The fraction of sp³-hybridized carbons (Fsp3) is 0.318. The quantitative estimate of drug-likeness (QED) is 0.687. The topological polar surface area (TPSA) is 71.5 Å². The highest BCUT2D eigenvalue weighted by Gasteiger charge is 2.28. The molecule has 3 N–H and O–H groups in total. The predicted molar refractivity (Wildman–Crippen MR) is 109 cm³/mol. The smallest absolute Gasteiger partial charge is 0.242 e. The summed E-state index contributed by atoms with van der Waals surface area (Å²) < 4.78 is 5.88. The number of amides is 1. The minimum absolute atomic E-state index is 0.0155. The van der Waals surface area contributed by atoms with Crippen LogP contribution in [-0.4, -0.2) is 18.5 Å². The summed E-state index contributed by atoms with van der Waals surface area (Å²) in [5.41, 5.74) is 9.99. The molecule has 140 valence electrons. The van der Waals surface area contributed by atoms with Crippen LogP contribution in [0, 0.1) is 0 Å². The van der Waals surface area contributed by atoms with Crippen LogP contribution in [0.3, 0.4) is 0 Å². The number of carbonyl (C=O) groups is 1. The van der Waals surface area contributed by atoms with Crippen LogP contribution in [0.15, 0.2) is 52.9 Å². The van der Waals surface area contributed by atoms with Gasteiger partial charge >= 0.3 is 0 Å². The molecule has 5 heteroatoms. The van der Waals surface area contributed by atoms with E-state index in [1.807, 2.05) is 56.3 Å². The Balaban J connectivity index is 1.51. The van der Waals surface area contributed by atoms with Crippen molar-refractivity contribution >= 4 is 28.3 Å². The van der Waals surface area contributed by atoms with Gasteiger partial charge in [0.1, 0.15) is 17.4 Å². The van der Waals surface area contributed by atoms with E-state index in [-0.39, 0.29) is 18.0 Å². The summed E-state index contributed by atoms with van der Waals surface area (Å²) >= 11 is 0. The van der Waals surface area contributed by atoms with Gasteiger partial charge in [0.2, 0.25) is 5.91 Å². The van der Waals surface area contributed by atoms with E-state index < -0.39 is 0 Å². The maximum Gasteiger partial charge on any atom is 0.242 e. The van der Waals surface area contributed by atoms with E-state index in [1.165, 1.54) is 0 Å². The highest BCUT2D eigenvalue weighted by molar-refractivity contribution is 5.86. The van der Waals surface area contributed by atoms with Crippen LogP contribution in [0.4, 0.5) is 11.4 Å². The van der Waals surface area contributed by atoms with Gasteiger partial charge in [0.15, 0.2) is 0 Å². The van der Waals surface area contributed by atoms with Gasteiger partial charge in [-0.1, -0.05) is 24.3 Å². The first-order valence-corrected chi connectivity index (χ1v) is 9.47. The highest BCUT2D eigenvalue weighted by atomic mass is 16.3. The number of furan rings is 1. The molecule has 27 heavy (non-hydrogen) atoms. The molecule has 1 aliphatic heterocycles. The number of rotatable bonds is 4. The van der Waals surface area contributed by atoms with E-state index in [2.05, 4.69) is 16.3 Å². The average molecular weight is 363 g/mol. The summed E-state index contributed by atoms with van der Waals surface area (Å²) in [6.45, 7) is 4.74. The molecule has 2 atom stereocenters. The van der Waals surface area contributed by atoms with Gasteiger partial charge in [-0.05, 0) is 56.5 Å². The van der Waals surface area contributed by atoms with Crippen LogP contribution in [0.5, 0.6) is 0 Å². The van der Waals surface area contributed by atoms with Gasteiger partial charge in [0.25, 0.3) is 0 Å². The van der Waals surface area contributed by atoms with Gasteiger partial charge in [0, 0.05) is 23.3 Å². The zero-order chi connectivity index (χ0) is 19.0. The van der Waals surface area contributed by atoms with Crippen LogP contribution >= 0.6 is 0 Å². The van der Waals surface area contributed by atoms with E-state index in [1.54, 1.807) is 0 Å². The molecule has 0 aliphatic carbocycles. The minimum atomic E-state index is -0.280. The monoisotopic (exact) mass is 363 g/mol. The van der Waals surface area contributed by atoms with Gasteiger partial charge in [0.05, 0.1) is 6.04 Å². The Bertz CT molecular complexity index is 946. The van der Waals surface area contributed by atoms with Gasteiger partial charge < -0.3 is 20.4 Å². The number of benzene rings is 2. The minimum Gasteiger partial charge on any atom is -0.459 e. The third-order valence-corrected chi connectivity index (χ3v) is 5.40. The third-order valence-electron chi connectivity index (χ3n) is 5.40. The van der Waals surface area contributed by atoms with Gasteiger partial charge in [-0.2, -0.15) is 0 Å². The molecule has 0 bridgehead atoms. The molecule has 2 heterocycles. The molecule has 4 rings (SSSR count). The van der Waals surface area contributed by atoms with Crippen LogP contribution in [0.1, 0.15) is 37.6 Å². The van der Waals surface area contributed by atoms with Crippen LogP contribution in [0.25, 0.3) is 11.0 Å². The summed E-state index contributed by atoms with van der Waals surface area (Å²) in [5.74, 6) is 0.748. The largest absolute Gasteiger partial charge is 0.459 e. The second-order valence-corrected chi connectivity index (χ2v) is 7.23. The molecule has 0 saturated heterocycles. The van der Waals surface area contributed by atoms with Crippen molar-refractivity contribution in [2.24, 2.45) is 0 Å². The number of para-hydroxylation sites is 1. The Hall–Kier alpha value is -2.95. The summed E-state index contributed by atoms with van der Waals surface area (Å²) in [7, 11) is 0. The first-order chi connectivity index (χ1) is 13.0. The van der Waals surface area contributed by atoms with Crippen molar-refractivity contribution < 1.29 is 9.21 Å². The van der Waals surface area contributed by atoms with Crippen LogP contribution < -0.4 is 16.0 Å². The number of nitrogens with one attached hydrogen (secondary N) is 1. The molecule has 0 radical (unpaired) electrons. The fourth-order valence-corrected chi connectivity index (χ4v) is 3.84. The first-order valence-electron chi connectivity index (χ1n) is 9.47. The Labute approximate surface area is 159 Å². The lowest BCUT2D eigenvalue weighted by Crippen LogP contribution is -2.47. The molecule has 1 amide bonds. The van der Waals surface area contributed by atoms with Crippen LogP contribution in [-0.2, 0) is 11.2 Å². The van der Waals surface area contributed by atoms with Crippen LogP contribution in [0.2, 0.25) is 0 Å². The molecule has 1 aromatic heterocycles. The van der Waals surface area contributed by atoms with Gasteiger partial charge in [-0.15, -0.1) is 0 Å². The van der Waals surface area contributed by atoms with E-state index >= 15 is 0 Å². The molecule has 3 aromatic rings. The normalized spacial score (nSPS) is 16.0. The third kappa shape index (κ3) is 3.25. The molecule has 2 aromatic carbocycles. The maximum absolute atomic E-state index is 12.9. The lowest BCUT2D eigenvalue weighted by Gasteiger charge is -2.36. The number of anilines is 2. The molecule has 2 unspecified atom stereocenters. The SMILES string of the molecule is CC(NC(=O)C(C)N1CCCc2c(N)cccc21)c1cc2ccccc2o1. The lowest BCUT2D eigenvalue weighted by atomic mass is 9.98. The molecule has 0 saturated carbocycles. The Morgan fingerprint density at radius 1 is 1.19 bits per heavy atom. The Morgan fingerprint density at radius 2 is 2.00 bits per heavy atom. The number of hydrogen-bond acceptors (Lipinski definition) is 4. The van der Waals surface area contributed by atoms with Crippen molar-refractivity contribution in [3.8, 4) is 0 Å². The summed E-state index contributed by atoms with van der Waals surface area (Å²) in [5, 5.41) is 4.14. The number of hydrogen-bond donors (Lipinski definition) is 2. The molecular weight excluding hydrogens is 338 g/mol. The second-order valence-electron chi connectivity index (χ2n) is 7.23. The van der Waals surface area contributed by atoms with E-state index in [4.69, 9.17) is 10.2 Å².